The molecular weight excluding hydrogens is 218 g/mol. The van der Waals surface area contributed by atoms with E-state index in [4.69, 9.17) is 4.74 Å². The Morgan fingerprint density at radius 3 is 3.24 bits per heavy atom. The second-order valence-electron chi connectivity index (χ2n) is 4.15. The molecule has 0 aromatic carbocycles. The second-order valence-corrected chi connectivity index (χ2v) is 4.15. The molecular formula is C12H19N3O2. The average Bonchev–Trinajstić information content (AvgIpc) is 2.39. The van der Waals surface area contributed by atoms with Gasteiger partial charge in [-0.2, -0.15) is 0 Å². The summed E-state index contributed by atoms with van der Waals surface area (Å²) in [4.78, 5) is 6.69. The zero-order chi connectivity index (χ0) is 12.1. The molecule has 1 aliphatic heterocycles. The van der Waals surface area contributed by atoms with Crippen molar-refractivity contribution in [1.82, 2.24) is 9.88 Å². The molecule has 1 unspecified atom stereocenters. The molecule has 1 aromatic heterocycles. The van der Waals surface area contributed by atoms with Crippen molar-refractivity contribution in [2.24, 2.45) is 0 Å². The van der Waals surface area contributed by atoms with E-state index in [2.05, 4.69) is 15.2 Å². The maximum absolute atomic E-state index is 9.29. The minimum Gasteiger partial charge on any atom is -0.395 e. The summed E-state index contributed by atoms with van der Waals surface area (Å²) in [5, 5.41) is 12.3. The number of hydrogen-bond donors (Lipinski definition) is 2. The summed E-state index contributed by atoms with van der Waals surface area (Å²) in [6.07, 6.45) is 0. The predicted octanol–water partition coefficient (Wildman–Crippen LogP) is 0.316. The lowest BCUT2D eigenvalue weighted by Gasteiger charge is -2.34. The molecule has 1 aromatic rings. The zero-order valence-corrected chi connectivity index (χ0v) is 10.1. The van der Waals surface area contributed by atoms with Crippen molar-refractivity contribution in [3.8, 4) is 0 Å². The van der Waals surface area contributed by atoms with Gasteiger partial charge in [-0.1, -0.05) is 6.07 Å². The lowest BCUT2D eigenvalue weighted by Crippen LogP contribution is -2.46. The first-order valence-corrected chi connectivity index (χ1v) is 5.90. The third-order valence-corrected chi connectivity index (χ3v) is 2.99. The number of aliphatic hydroxyl groups is 1. The molecule has 0 saturated carbocycles. The SMILES string of the molecule is CNc1cccc(CN2CCOCC2CO)n1. The van der Waals surface area contributed by atoms with E-state index in [0.29, 0.717) is 6.61 Å². The summed E-state index contributed by atoms with van der Waals surface area (Å²) >= 11 is 0. The van der Waals surface area contributed by atoms with Gasteiger partial charge >= 0.3 is 0 Å². The quantitative estimate of drug-likeness (QED) is 0.789. The monoisotopic (exact) mass is 237 g/mol. The number of pyridine rings is 1. The van der Waals surface area contributed by atoms with E-state index in [0.717, 1.165) is 31.2 Å². The Kier molecular flexibility index (Phi) is 4.30. The molecule has 1 fully saturated rings. The summed E-state index contributed by atoms with van der Waals surface area (Å²) in [7, 11) is 1.86. The molecule has 5 heteroatoms. The second kappa shape index (κ2) is 5.95. The lowest BCUT2D eigenvalue weighted by atomic mass is 10.2. The Balaban J connectivity index is 2.02. The standard InChI is InChI=1S/C12H19N3O2/c1-13-12-4-2-3-10(14-12)7-15-5-6-17-9-11(15)8-16/h2-4,11,16H,5-9H2,1H3,(H,13,14). The van der Waals surface area contributed by atoms with Gasteiger partial charge in [0.25, 0.3) is 0 Å². The van der Waals surface area contributed by atoms with Gasteiger partial charge in [0.1, 0.15) is 5.82 Å². The van der Waals surface area contributed by atoms with Crippen molar-refractivity contribution in [3.63, 3.8) is 0 Å². The Morgan fingerprint density at radius 2 is 2.47 bits per heavy atom. The predicted molar refractivity (Wildman–Crippen MR) is 65.9 cm³/mol. The summed E-state index contributed by atoms with van der Waals surface area (Å²) in [6.45, 7) is 3.05. The van der Waals surface area contributed by atoms with Crippen molar-refractivity contribution in [2.45, 2.75) is 12.6 Å². The van der Waals surface area contributed by atoms with E-state index < -0.39 is 0 Å². The number of morpholine rings is 1. The van der Waals surface area contributed by atoms with Gasteiger partial charge in [-0.15, -0.1) is 0 Å². The maximum Gasteiger partial charge on any atom is 0.126 e. The minimum atomic E-state index is 0.0868. The Morgan fingerprint density at radius 1 is 1.59 bits per heavy atom. The molecule has 94 valence electrons. The number of anilines is 1. The van der Waals surface area contributed by atoms with Crippen LogP contribution in [-0.4, -0.2) is 54.4 Å². The lowest BCUT2D eigenvalue weighted by molar-refractivity contribution is -0.0317. The molecule has 2 heterocycles. The van der Waals surface area contributed by atoms with E-state index >= 15 is 0 Å². The van der Waals surface area contributed by atoms with Crippen molar-refractivity contribution in [1.29, 1.82) is 0 Å². The number of aliphatic hydroxyl groups excluding tert-OH is 1. The Labute approximate surface area is 101 Å². The first-order chi connectivity index (χ1) is 8.33. The van der Waals surface area contributed by atoms with Crippen LogP contribution in [0.2, 0.25) is 0 Å². The molecule has 0 aliphatic carbocycles. The summed E-state index contributed by atoms with van der Waals surface area (Å²) in [5.74, 6) is 0.872. The van der Waals surface area contributed by atoms with Crippen molar-refractivity contribution >= 4 is 5.82 Å². The van der Waals surface area contributed by atoms with Gasteiger partial charge in [-0.3, -0.25) is 4.90 Å². The highest BCUT2D eigenvalue weighted by Gasteiger charge is 2.22. The number of aromatic nitrogens is 1. The fraction of sp³-hybridized carbons (Fsp3) is 0.583. The third kappa shape index (κ3) is 3.15. The number of ether oxygens (including phenoxy) is 1. The normalized spacial score (nSPS) is 21.4. The highest BCUT2D eigenvalue weighted by atomic mass is 16.5. The topological polar surface area (TPSA) is 57.6 Å². The number of nitrogens with zero attached hydrogens (tertiary/aromatic N) is 2. The van der Waals surface area contributed by atoms with E-state index in [-0.39, 0.29) is 12.6 Å². The van der Waals surface area contributed by atoms with Crippen LogP contribution in [0.25, 0.3) is 0 Å². The molecule has 5 nitrogen and oxygen atoms in total. The van der Waals surface area contributed by atoms with Crippen LogP contribution in [0.15, 0.2) is 18.2 Å². The molecule has 2 N–H and O–H groups in total. The number of hydrogen-bond acceptors (Lipinski definition) is 5. The van der Waals surface area contributed by atoms with Crippen LogP contribution in [0.5, 0.6) is 0 Å². The molecule has 1 aliphatic rings. The summed E-state index contributed by atoms with van der Waals surface area (Å²) < 4.78 is 5.35. The van der Waals surface area contributed by atoms with E-state index in [9.17, 15) is 5.11 Å². The van der Waals surface area contributed by atoms with Crippen LogP contribution >= 0.6 is 0 Å². The van der Waals surface area contributed by atoms with Crippen LogP contribution in [0.4, 0.5) is 5.82 Å². The first kappa shape index (κ1) is 12.3. The Hall–Kier alpha value is -1.17. The van der Waals surface area contributed by atoms with E-state index in [1.165, 1.54) is 0 Å². The van der Waals surface area contributed by atoms with Gasteiger partial charge in [0.2, 0.25) is 0 Å². The highest BCUT2D eigenvalue weighted by molar-refractivity contribution is 5.34. The molecule has 17 heavy (non-hydrogen) atoms. The molecule has 1 saturated heterocycles. The molecule has 0 bridgehead atoms. The van der Waals surface area contributed by atoms with Crippen LogP contribution in [-0.2, 0) is 11.3 Å². The van der Waals surface area contributed by atoms with Gasteiger partial charge < -0.3 is 15.2 Å². The Bertz CT molecular complexity index is 359. The molecule has 0 spiro atoms. The summed E-state index contributed by atoms with van der Waals surface area (Å²) in [6, 6.07) is 6.02. The van der Waals surface area contributed by atoms with Crippen molar-refractivity contribution in [3.05, 3.63) is 23.9 Å². The van der Waals surface area contributed by atoms with Gasteiger partial charge in [-0.05, 0) is 12.1 Å². The van der Waals surface area contributed by atoms with Gasteiger partial charge in [0.15, 0.2) is 0 Å². The fourth-order valence-electron chi connectivity index (χ4n) is 1.98. The molecule has 1 atom stereocenters. The minimum absolute atomic E-state index is 0.0868. The largest absolute Gasteiger partial charge is 0.395 e. The maximum atomic E-state index is 9.29. The fourth-order valence-corrected chi connectivity index (χ4v) is 1.98. The van der Waals surface area contributed by atoms with Gasteiger partial charge in [-0.25, -0.2) is 4.98 Å². The zero-order valence-electron chi connectivity index (χ0n) is 10.1. The van der Waals surface area contributed by atoms with Crippen LogP contribution in [0, 0.1) is 0 Å². The van der Waals surface area contributed by atoms with Gasteiger partial charge in [0.05, 0.1) is 31.6 Å². The molecule has 2 rings (SSSR count). The number of nitrogens with one attached hydrogen (secondary N) is 1. The average molecular weight is 237 g/mol. The summed E-state index contributed by atoms with van der Waals surface area (Å²) in [5.41, 5.74) is 1.01. The number of rotatable bonds is 4. The van der Waals surface area contributed by atoms with Crippen molar-refractivity contribution in [2.75, 3.05) is 38.7 Å². The van der Waals surface area contributed by atoms with Crippen LogP contribution in [0.3, 0.4) is 0 Å². The smallest absolute Gasteiger partial charge is 0.126 e. The highest BCUT2D eigenvalue weighted by Crippen LogP contribution is 2.12. The molecule has 0 radical (unpaired) electrons. The third-order valence-electron chi connectivity index (χ3n) is 2.99. The first-order valence-electron chi connectivity index (χ1n) is 5.90. The van der Waals surface area contributed by atoms with E-state index in [1.807, 2.05) is 25.2 Å². The van der Waals surface area contributed by atoms with Crippen LogP contribution in [0.1, 0.15) is 5.69 Å². The molecule has 0 amide bonds. The van der Waals surface area contributed by atoms with Gasteiger partial charge in [0, 0.05) is 20.1 Å². The van der Waals surface area contributed by atoms with Crippen LogP contribution < -0.4 is 5.32 Å². The van der Waals surface area contributed by atoms with E-state index in [1.54, 1.807) is 0 Å². The van der Waals surface area contributed by atoms with Crippen molar-refractivity contribution < 1.29 is 9.84 Å².